The molecule has 1 heterocycles. The molecule has 1 aliphatic heterocycles. The second-order valence-corrected chi connectivity index (χ2v) is 10.9. The van der Waals surface area contributed by atoms with Crippen LogP contribution in [0.15, 0.2) is 4.99 Å². The van der Waals surface area contributed by atoms with Gasteiger partial charge in [0.25, 0.3) is 0 Å². The summed E-state index contributed by atoms with van der Waals surface area (Å²) in [6, 6.07) is 0. The lowest BCUT2D eigenvalue weighted by Gasteiger charge is -2.59. The van der Waals surface area contributed by atoms with Gasteiger partial charge >= 0.3 is 0 Å². The average molecular weight is 419 g/mol. The van der Waals surface area contributed by atoms with Gasteiger partial charge < -0.3 is 10.1 Å². The summed E-state index contributed by atoms with van der Waals surface area (Å²) in [6.45, 7) is 6.29. The first-order chi connectivity index (χ1) is 14.4. The topological polar surface area (TPSA) is 67.8 Å². The molecular weight excluding hydrogens is 383 g/mol. The number of ketones is 2. The molecule has 4 saturated carbocycles. The number of Topliss-reactive ketones (excluding diaryl/α,β-unsaturated/α-hetero) is 2. The Balaban J connectivity index is 1.32. The lowest BCUT2D eigenvalue weighted by Crippen LogP contribution is -2.62. The maximum Gasteiger partial charge on any atom is 0.171 e. The van der Waals surface area contributed by atoms with Crippen LogP contribution in [0.25, 0.3) is 0 Å². The first-order valence-electron chi connectivity index (χ1n) is 11.9. The van der Waals surface area contributed by atoms with Gasteiger partial charge in [-0.25, -0.2) is 4.39 Å². The van der Waals surface area contributed by atoms with Gasteiger partial charge in [-0.2, -0.15) is 0 Å². The van der Waals surface area contributed by atoms with Crippen LogP contribution >= 0.6 is 0 Å². The molecule has 0 aromatic carbocycles. The van der Waals surface area contributed by atoms with Crippen LogP contribution in [0.1, 0.15) is 65.2 Å². The Bertz CT molecular complexity index is 764. The highest BCUT2D eigenvalue weighted by atomic mass is 19.1. The van der Waals surface area contributed by atoms with Crippen LogP contribution in [0.5, 0.6) is 0 Å². The number of halogens is 1. The van der Waals surface area contributed by atoms with Gasteiger partial charge in [-0.1, -0.05) is 6.92 Å². The van der Waals surface area contributed by atoms with E-state index in [2.05, 4.69) is 12.2 Å². The first-order valence-corrected chi connectivity index (χ1v) is 11.9. The molecule has 0 bridgehead atoms. The lowest BCUT2D eigenvalue weighted by atomic mass is 9.44. The van der Waals surface area contributed by atoms with Gasteiger partial charge in [-0.3, -0.25) is 14.6 Å². The molecule has 6 unspecified atom stereocenters. The summed E-state index contributed by atoms with van der Waals surface area (Å²) in [7, 11) is 0. The van der Waals surface area contributed by atoms with E-state index in [1.165, 1.54) is 5.71 Å². The number of carbonyl (C=O) groups is 2. The Labute approximate surface area is 178 Å². The third-order valence-electron chi connectivity index (χ3n) is 9.62. The molecule has 6 heteroatoms. The van der Waals surface area contributed by atoms with Gasteiger partial charge in [0.2, 0.25) is 0 Å². The number of hydrogen-bond donors (Lipinski definition) is 1. The van der Waals surface area contributed by atoms with Crippen molar-refractivity contribution in [1.82, 2.24) is 5.32 Å². The standard InChI is InChI=1S/C24H35FN2O3/c1-23-9-7-15(27-13-30-16-8-10-26-12-16)11-14(23)3-4-17-18-5-6-19(28)24(18,2)22(25)21(29)20(17)23/h14,16-18,20,22,26H,3-13H2,1-2H3/t14?,16?,17?,18?,20?,22?,23-,24-/m0/s1. The van der Waals surface area contributed by atoms with Gasteiger partial charge in [0.05, 0.1) is 11.5 Å². The fourth-order valence-electron chi connectivity index (χ4n) is 7.75. The molecular formula is C24H35FN2O3. The monoisotopic (exact) mass is 418 g/mol. The maximum atomic E-state index is 15.4. The number of nitrogens with zero attached hydrogens (tertiary/aromatic N) is 1. The molecule has 1 saturated heterocycles. The zero-order valence-corrected chi connectivity index (χ0v) is 18.3. The minimum absolute atomic E-state index is 0.0314. The summed E-state index contributed by atoms with van der Waals surface area (Å²) < 4.78 is 21.3. The molecule has 0 radical (unpaired) electrons. The number of ether oxygens (including phenoxy) is 1. The van der Waals surface area contributed by atoms with Crippen molar-refractivity contribution in [3.05, 3.63) is 0 Å². The van der Waals surface area contributed by atoms with E-state index < -0.39 is 11.6 Å². The van der Waals surface area contributed by atoms with Crippen LogP contribution in [0.4, 0.5) is 4.39 Å². The molecule has 5 aliphatic rings. The van der Waals surface area contributed by atoms with Crippen LogP contribution in [0.3, 0.4) is 0 Å². The maximum absolute atomic E-state index is 15.4. The summed E-state index contributed by atoms with van der Waals surface area (Å²) >= 11 is 0. The quantitative estimate of drug-likeness (QED) is 0.762. The van der Waals surface area contributed by atoms with Crippen LogP contribution in [0.2, 0.25) is 0 Å². The molecule has 1 N–H and O–H groups in total. The van der Waals surface area contributed by atoms with Gasteiger partial charge in [-0.15, -0.1) is 0 Å². The van der Waals surface area contributed by atoms with E-state index in [0.717, 1.165) is 58.0 Å². The van der Waals surface area contributed by atoms with Crippen molar-refractivity contribution in [2.75, 3.05) is 19.8 Å². The van der Waals surface area contributed by atoms with Gasteiger partial charge in [0, 0.05) is 24.6 Å². The number of nitrogens with one attached hydrogen (secondary N) is 1. The molecule has 0 aromatic heterocycles. The van der Waals surface area contributed by atoms with Gasteiger partial charge in [-0.05, 0) is 81.6 Å². The van der Waals surface area contributed by atoms with Crippen molar-refractivity contribution in [3.8, 4) is 0 Å². The van der Waals surface area contributed by atoms with E-state index in [1.807, 2.05) is 0 Å². The smallest absolute Gasteiger partial charge is 0.171 e. The molecule has 0 amide bonds. The van der Waals surface area contributed by atoms with Gasteiger partial charge in [0.15, 0.2) is 12.0 Å². The fraction of sp³-hybridized carbons (Fsp3) is 0.875. The van der Waals surface area contributed by atoms with Crippen molar-refractivity contribution >= 4 is 17.3 Å². The van der Waals surface area contributed by atoms with Gasteiger partial charge in [0.1, 0.15) is 12.5 Å². The predicted octanol–water partition coefficient (Wildman–Crippen LogP) is 3.50. The zero-order chi connectivity index (χ0) is 21.1. The lowest BCUT2D eigenvalue weighted by molar-refractivity contribution is -0.169. The number of alkyl halides is 1. The second-order valence-electron chi connectivity index (χ2n) is 10.9. The van der Waals surface area contributed by atoms with Crippen LogP contribution in [-0.2, 0) is 14.3 Å². The number of rotatable bonds is 3. The largest absolute Gasteiger partial charge is 0.355 e. The summed E-state index contributed by atoms with van der Waals surface area (Å²) in [4.78, 5) is 30.6. The van der Waals surface area contributed by atoms with Crippen LogP contribution in [-0.4, -0.2) is 49.4 Å². The number of carbonyl (C=O) groups excluding carboxylic acids is 2. The molecule has 8 atom stereocenters. The Morgan fingerprint density at radius 1 is 1.17 bits per heavy atom. The predicted molar refractivity (Wildman–Crippen MR) is 112 cm³/mol. The normalized spacial score (nSPS) is 49.8. The molecule has 5 rings (SSSR count). The third-order valence-corrected chi connectivity index (χ3v) is 9.62. The minimum Gasteiger partial charge on any atom is -0.355 e. The van der Waals surface area contributed by atoms with E-state index in [1.54, 1.807) is 6.92 Å². The summed E-state index contributed by atoms with van der Waals surface area (Å²) in [5.41, 5.74) is -0.0512. The zero-order valence-electron chi connectivity index (χ0n) is 18.3. The average Bonchev–Trinajstić information content (AvgIpc) is 3.35. The second kappa shape index (κ2) is 7.47. The molecule has 30 heavy (non-hydrogen) atoms. The van der Waals surface area contributed by atoms with Crippen molar-refractivity contribution in [2.24, 2.45) is 39.5 Å². The van der Waals surface area contributed by atoms with Crippen molar-refractivity contribution in [2.45, 2.75) is 77.5 Å². The molecule has 4 aliphatic carbocycles. The minimum atomic E-state index is -1.63. The van der Waals surface area contributed by atoms with Crippen molar-refractivity contribution in [1.29, 1.82) is 0 Å². The highest BCUT2D eigenvalue weighted by Gasteiger charge is 2.67. The number of fused-ring (bicyclic) bond motifs is 5. The number of hydrogen-bond acceptors (Lipinski definition) is 5. The van der Waals surface area contributed by atoms with Crippen molar-refractivity contribution < 1.29 is 18.7 Å². The Morgan fingerprint density at radius 2 is 2.00 bits per heavy atom. The summed E-state index contributed by atoms with van der Waals surface area (Å²) in [6.07, 6.45) is 5.52. The van der Waals surface area contributed by atoms with E-state index in [9.17, 15) is 9.59 Å². The van der Waals surface area contributed by atoms with E-state index >= 15 is 4.39 Å². The van der Waals surface area contributed by atoms with Crippen molar-refractivity contribution in [3.63, 3.8) is 0 Å². The molecule has 0 aromatic rings. The fourth-order valence-corrected chi connectivity index (χ4v) is 7.75. The van der Waals surface area contributed by atoms with E-state index in [-0.39, 0.29) is 40.8 Å². The third kappa shape index (κ3) is 2.96. The Hall–Kier alpha value is -1.14. The highest BCUT2D eigenvalue weighted by Crippen LogP contribution is 2.64. The van der Waals surface area contributed by atoms with E-state index in [4.69, 9.17) is 9.73 Å². The first kappa shape index (κ1) is 20.7. The van der Waals surface area contributed by atoms with Crippen LogP contribution in [0, 0.1) is 34.5 Å². The summed E-state index contributed by atoms with van der Waals surface area (Å²) in [5, 5.41) is 3.30. The van der Waals surface area contributed by atoms with E-state index in [0.29, 0.717) is 19.1 Å². The Morgan fingerprint density at radius 3 is 2.77 bits per heavy atom. The highest BCUT2D eigenvalue weighted by molar-refractivity contribution is 5.98. The Kier molecular flexibility index (Phi) is 5.17. The van der Waals surface area contributed by atoms with Crippen LogP contribution < -0.4 is 5.32 Å². The molecule has 0 spiro atoms. The molecule has 5 nitrogen and oxygen atoms in total. The SMILES string of the molecule is C[C@]12CCC(=NCOC3CCNC3)CC1CCC1C2C(=O)C(F)[C@]2(C)C(=O)CCC12. The molecule has 166 valence electrons. The number of aliphatic imine (C=N–C) groups is 1. The summed E-state index contributed by atoms with van der Waals surface area (Å²) in [5.74, 6) is 0.0192. The molecule has 5 fully saturated rings.